The van der Waals surface area contributed by atoms with Gasteiger partial charge in [-0.25, -0.2) is 4.39 Å². The molecule has 0 aliphatic carbocycles. The summed E-state index contributed by atoms with van der Waals surface area (Å²) in [7, 11) is 0. The Kier molecular flexibility index (Phi) is 7.44. The van der Waals surface area contributed by atoms with Gasteiger partial charge in [-0.1, -0.05) is 13.8 Å². The van der Waals surface area contributed by atoms with E-state index in [9.17, 15) is 9.18 Å². The summed E-state index contributed by atoms with van der Waals surface area (Å²) >= 11 is 1.88. The molecule has 0 aromatic heterocycles. The van der Waals surface area contributed by atoms with Crippen LogP contribution in [-0.4, -0.2) is 17.4 Å². The van der Waals surface area contributed by atoms with E-state index < -0.39 is 5.82 Å². The minimum absolute atomic E-state index is 0.0482. The smallest absolute Gasteiger partial charge is 0.224 e. The highest BCUT2D eigenvalue weighted by atomic mass is 32.2. The number of nitrogens with one attached hydrogen (secondary N) is 1. The Balaban J connectivity index is 2.18. The summed E-state index contributed by atoms with van der Waals surface area (Å²) in [5.41, 5.74) is 6.04. The first-order chi connectivity index (χ1) is 9.49. The van der Waals surface area contributed by atoms with Crippen molar-refractivity contribution in [2.24, 2.45) is 5.92 Å². The molecular formula is C15H23FN2OS. The summed E-state index contributed by atoms with van der Waals surface area (Å²) in [6, 6.07) is 4.21. The fraction of sp³-hybridized carbons (Fsp3) is 0.533. The maximum atomic E-state index is 13.0. The Hall–Kier alpha value is -1.23. The average Bonchev–Trinajstić information content (AvgIpc) is 2.38. The molecule has 0 bridgehead atoms. The van der Waals surface area contributed by atoms with E-state index >= 15 is 0 Å². The van der Waals surface area contributed by atoms with Gasteiger partial charge in [-0.15, -0.1) is 0 Å². The second-order valence-corrected chi connectivity index (χ2v) is 6.41. The lowest BCUT2D eigenvalue weighted by Crippen LogP contribution is -2.11. The lowest BCUT2D eigenvalue weighted by molar-refractivity contribution is -0.116. The Morgan fingerprint density at radius 3 is 2.80 bits per heavy atom. The van der Waals surface area contributed by atoms with Gasteiger partial charge in [0.1, 0.15) is 5.82 Å². The summed E-state index contributed by atoms with van der Waals surface area (Å²) in [5, 5.41) is 2.72. The molecule has 112 valence electrons. The van der Waals surface area contributed by atoms with E-state index in [1.54, 1.807) is 0 Å². The van der Waals surface area contributed by atoms with Gasteiger partial charge in [0.2, 0.25) is 5.91 Å². The molecule has 1 amide bonds. The molecular weight excluding hydrogens is 275 g/mol. The molecule has 20 heavy (non-hydrogen) atoms. The second kappa shape index (κ2) is 8.84. The Morgan fingerprint density at radius 1 is 1.40 bits per heavy atom. The molecule has 0 fully saturated rings. The van der Waals surface area contributed by atoms with Gasteiger partial charge in [0.25, 0.3) is 0 Å². The molecule has 0 radical (unpaired) electrons. The van der Waals surface area contributed by atoms with Crippen LogP contribution in [0.4, 0.5) is 15.8 Å². The standard InChI is InChI=1S/C15H23FN2OS/c1-11(2)7-9-20-8-3-4-15(19)18-12-5-6-13(16)14(17)10-12/h5-6,10-11H,3-4,7-9,17H2,1-2H3,(H,18,19). The van der Waals surface area contributed by atoms with Crippen LogP contribution >= 0.6 is 11.8 Å². The van der Waals surface area contributed by atoms with Crippen molar-refractivity contribution < 1.29 is 9.18 Å². The van der Waals surface area contributed by atoms with Crippen molar-refractivity contribution in [1.82, 2.24) is 0 Å². The van der Waals surface area contributed by atoms with Gasteiger partial charge >= 0.3 is 0 Å². The van der Waals surface area contributed by atoms with Gasteiger partial charge in [-0.05, 0) is 48.5 Å². The van der Waals surface area contributed by atoms with Crippen LogP contribution < -0.4 is 11.1 Å². The number of thioether (sulfide) groups is 1. The molecule has 3 nitrogen and oxygen atoms in total. The lowest BCUT2D eigenvalue weighted by Gasteiger charge is -2.07. The zero-order chi connectivity index (χ0) is 15.0. The third-order valence-electron chi connectivity index (χ3n) is 2.81. The van der Waals surface area contributed by atoms with E-state index in [1.165, 1.54) is 24.6 Å². The van der Waals surface area contributed by atoms with Crippen LogP contribution in [0.25, 0.3) is 0 Å². The molecule has 1 rings (SSSR count). The zero-order valence-electron chi connectivity index (χ0n) is 12.1. The van der Waals surface area contributed by atoms with Crippen molar-refractivity contribution in [2.45, 2.75) is 33.1 Å². The predicted molar refractivity (Wildman–Crippen MR) is 85.5 cm³/mol. The number of rotatable bonds is 8. The van der Waals surface area contributed by atoms with Crippen LogP contribution in [0.1, 0.15) is 33.1 Å². The first kappa shape index (κ1) is 16.8. The SMILES string of the molecule is CC(C)CCSCCCC(=O)Nc1ccc(F)c(N)c1. The van der Waals surface area contributed by atoms with Crippen LogP contribution in [0.5, 0.6) is 0 Å². The number of nitrogens with two attached hydrogens (primary N) is 1. The molecule has 0 saturated heterocycles. The number of carbonyl (C=O) groups is 1. The summed E-state index contributed by atoms with van der Waals surface area (Å²) < 4.78 is 13.0. The normalized spacial score (nSPS) is 10.8. The molecule has 0 heterocycles. The van der Waals surface area contributed by atoms with Crippen molar-refractivity contribution >= 4 is 29.0 Å². The number of hydrogen-bond acceptors (Lipinski definition) is 3. The Labute approximate surface area is 124 Å². The highest BCUT2D eigenvalue weighted by molar-refractivity contribution is 7.99. The lowest BCUT2D eigenvalue weighted by atomic mass is 10.2. The number of carbonyl (C=O) groups excluding carboxylic acids is 1. The van der Waals surface area contributed by atoms with Crippen LogP contribution in [0, 0.1) is 11.7 Å². The van der Waals surface area contributed by atoms with Gasteiger partial charge in [0, 0.05) is 12.1 Å². The molecule has 1 aromatic carbocycles. The van der Waals surface area contributed by atoms with Crippen LogP contribution in [0.2, 0.25) is 0 Å². The zero-order valence-corrected chi connectivity index (χ0v) is 12.9. The van der Waals surface area contributed by atoms with Crippen molar-refractivity contribution in [3.8, 4) is 0 Å². The number of hydrogen-bond donors (Lipinski definition) is 2. The van der Waals surface area contributed by atoms with E-state index in [0.29, 0.717) is 12.1 Å². The van der Waals surface area contributed by atoms with Crippen molar-refractivity contribution in [3.05, 3.63) is 24.0 Å². The molecule has 0 aliphatic heterocycles. The maximum Gasteiger partial charge on any atom is 0.224 e. The third-order valence-corrected chi connectivity index (χ3v) is 3.91. The van der Waals surface area contributed by atoms with Crippen molar-refractivity contribution in [3.63, 3.8) is 0 Å². The van der Waals surface area contributed by atoms with E-state index in [1.807, 2.05) is 11.8 Å². The first-order valence-corrected chi connectivity index (χ1v) is 8.07. The molecule has 0 aliphatic rings. The maximum absolute atomic E-state index is 13.0. The molecule has 3 N–H and O–H groups in total. The number of amides is 1. The highest BCUT2D eigenvalue weighted by Gasteiger charge is 2.04. The van der Waals surface area contributed by atoms with E-state index in [0.717, 1.165) is 23.8 Å². The number of anilines is 2. The first-order valence-electron chi connectivity index (χ1n) is 6.91. The molecule has 0 unspecified atom stereocenters. The third kappa shape index (κ3) is 6.80. The van der Waals surface area contributed by atoms with Gasteiger partial charge in [-0.2, -0.15) is 11.8 Å². The predicted octanol–water partition coefficient (Wildman–Crippen LogP) is 3.91. The van der Waals surface area contributed by atoms with E-state index in [-0.39, 0.29) is 11.6 Å². The molecule has 5 heteroatoms. The quantitative estimate of drug-likeness (QED) is 0.565. The van der Waals surface area contributed by atoms with E-state index in [4.69, 9.17) is 5.73 Å². The molecule has 0 atom stereocenters. The average molecular weight is 298 g/mol. The minimum atomic E-state index is -0.468. The fourth-order valence-corrected chi connectivity index (χ4v) is 2.79. The monoisotopic (exact) mass is 298 g/mol. The fourth-order valence-electron chi connectivity index (χ4n) is 1.60. The highest BCUT2D eigenvalue weighted by Crippen LogP contribution is 2.17. The minimum Gasteiger partial charge on any atom is -0.396 e. The number of nitrogen functional groups attached to an aromatic ring is 1. The molecule has 0 saturated carbocycles. The van der Waals surface area contributed by atoms with Crippen LogP contribution in [0.3, 0.4) is 0 Å². The van der Waals surface area contributed by atoms with Crippen molar-refractivity contribution in [2.75, 3.05) is 22.6 Å². The van der Waals surface area contributed by atoms with Gasteiger partial charge < -0.3 is 11.1 Å². The second-order valence-electron chi connectivity index (χ2n) is 5.18. The van der Waals surface area contributed by atoms with Gasteiger partial charge in [0.15, 0.2) is 0 Å². The Morgan fingerprint density at radius 2 is 2.15 bits per heavy atom. The summed E-state index contributed by atoms with van der Waals surface area (Å²) in [6.07, 6.45) is 2.54. The largest absolute Gasteiger partial charge is 0.396 e. The molecule has 0 spiro atoms. The van der Waals surface area contributed by atoms with Gasteiger partial charge in [0.05, 0.1) is 5.69 Å². The van der Waals surface area contributed by atoms with Crippen molar-refractivity contribution in [1.29, 1.82) is 0 Å². The molecule has 1 aromatic rings. The number of halogens is 1. The summed E-state index contributed by atoms with van der Waals surface area (Å²) in [4.78, 5) is 11.7. The topological polar surface area (TPSA) is 55.1 Å². The number of benzene rings is 1. The van der Waals surface area contributed by atoms with Crippen LogP contribution in [-0.2, 0) is 4.79 Å². The summed E-state index contributed by atoms with van der Waals surface area (Å²) in [5.74, 6) is 2.35. The van der Waals surface area contributed by atoms with E-state index in [2.05, 4.69) is 19.2 Å². The van der Waals surface area contributed by atoms with Gasteiger partial charge in [-0.3, -0.25) is 4.79 Å². The Bertz CT molecular complexity index is 438. The van der Waals surface area contributed by atoms with Crippen LogP contribution in [0.15, 0.2) is 18.2 Å². The summed E-state index contributed by atoms with van der Waals surface area (Å²) in [6.45, 7) is 4.42.